The number of ether oxygens (including phenoxy) is 4. The molecule has 0 unspecified atom stereocenters. The molecule has 8 heteroatoms. The second-order valence-corrected chi connectivity index (χ2v) is 7.85. The molecule has 0 spiro atoms. The fraction of sp³-hybridized carbons (Fsp3) is 0.462. The average Bonchev–Trinajstić information content (AvgIpc) is 2.85. The summed E-state index contributed by atoms with van der Waals surface area (Å²) in [5, 5.41) is 5.90. The molecule has 0 atom stereocenters. The number of amides is 2. The van der Waals surface area contributed by atoms with E-state index < -0.39 is 0 Å². The molecule has 8 nitrogen and oxygen atoms in total. The number of nitrogens with one attached hydrogen (secondary N) is 2. The van der Waals surface area contributed by atoms with E-state index >= 15 is 0 Å². The number of carbonyl (C=O) groups excluding carboxylic acids is 2. The maximum Gasteiger partial charge on any atom is 0.224 e. The van der Waals surface area contributed by atoms with Crippen LogP contribution in [0.25, 0.3) is 0 Å². The number of rotatable bonds is 15. The Balaban J connectivity index is 1.55. The summed E-state index contributed by atoms with van der Waals surface area (Å²) >= 11 is 0. The molecule has 2 aromatic rings. The fourth-order valence-electron chi connectivity index (χ4n) is 3.54. The number of unbranched alkanes of at least 4 members (excludes halogenated alkanes) is 3. The molecule has 0 saturated heterocycles. The summed E-state index contributed by atoms with van der Waals surface area (Å²) in [5.74, 6) is 2.48. The fourth-order valence-corrected chi connectivity index (χ4v) is 3.54. The third-order valence-corrected chi connectivity index (χ3v) is 5.37. The van der Waals surface area contributed by atoms with Gasteiger partial charge in [-0.1, -0.05) is 25.0 Å². The van der Waals surface area contributed by atoms with Crippen molar-refractivity contribution in [1.82, 2.24) is 10.6 Å². The summed E-state index contributed by atoms with van der Waals surface area (Å²) in [5.41, 5.74) is 1.75. The molecule has 0 aliphatic rings. The molecule has 2 amide bonds. The van der Waals surface area contributed by atoms with Crippen molar-refractivity contribution in [3.8, 4) is 23.0 Å². The molecule has 0 radical (unpaired) electrons. The van der Waals surface area contributed by atoms with Crippen LogP contribution >= 0.6 is 0 Å². The first kappa shape index (κ1) is 26.8. The van der Waals surface area contributed by atoms with Gasteiger partial charge in [0.15, 0.2) is 23.0 Å². The summed E-state index contributed by atoms with van der Waals surface area (Å²) in [6.45, 7) is 1.27. The highest BCUT2D eigenvalue weighted by molar-refractivity contribution is 5.79. The van der Waals surface area contributed by atoms with Crippen LogP contribution in [0.5, 0.6) is 23.0 Å². The van der Waals surface area contributed by atoms with Crippen LogP contribution in [0.3, 0.4) is 0 Å². The minimum Gasteiger partial charge on any atom is -0.493 e. The number of benzene rings is 2. The number of carbonyl (C=O) groups is 2. The zero-order chi connectivity index (χ0) is 24.8. The first-order valence-corrected chi connectivity index (χ1v) is 11.5. The lowest BCUT2D eigenvalue weighted by atomic mass is 10.1. The van der Waals surface area contributed by atoms with E-state index in [1.165, 1.54) is 0 Å². The monoisotopic (exact) mass is 472 g/mol. The van der Waals surface area contributed by atoms with Crippen LogP contribution in [0.15, 0.2) is 36.4 Å². The first-order valence-electron chi connectivity index (χ1n) is 11.5. The lowest BCUT2D eigenvalue weighted by Gasteiger charge is -2.10. The first-order chi connectivity index (χ1) is 16.5. The van der Waals surface area contributed by atoms with Gasteiger partial charge in [-0.15, -0.1) is 0 Å². The highest BCUT2D eigenvalue weighted by Crippen LogP contribution is 2.28. The van der Waals surface area contributed by atoms with Crippen LogP contribution < -0.4 is 29.6 Å². The van der Waals surface area contributed by atoms with Crippen LogP contribution in [0, 0.1) is 0 Å². The third kappa shape index (κ3) is 8.84. The lowest BCUT2D eigenvalue weighted by Crippen LogP contribution is -2.26. The van der Waals surface area contributed by atoms with Crippen molar-refractivity contribution in [2.75, 3.05) is 41.5 Å². The van der Waals surface area contributed by atoms with Gasteiger partial charge in [0.05, 0.1) is 41.3 Å². The molecule has 2 N–H and O–H groups in total. The van der Waals surface area contributed by atoms with Crippen molar-refractivity contribution in [1.29, 1.82) is 0 Å². The largest absolute Gasteiger partial charge is 0.493 e. The Hall–Kier alpha value is -3.42. The van der Waals surface area contributed by atoms with Crippen LogP contribution in [-0.2, 0) is 22.4 Å². The maximum atomic E-state index is 12.2. The molecule has 2 rings (SSSR count). The summed E-state index contributed by atoms with van der Waals surface area (Å²) in [7, 11) is 6.31. The second kappa shape index (κ2) is 14.7. The van der Waals surface area contributed by atoms with E-state index in [0.717, 1.165) is 36.8 Å². The predicted molar refractivity (Wildman–Crippen MR) is 131 cm³/mol. The Morgan fingerprint density at radius 2 is 0.971 bits per heavy atom. The predicted octanol–water partition coefficient (Wildman–Crippen LogP) is 3.30. The van der Waals surface area contributed by atoms with Crippen molar-refractivity contribution < 1.29 is 28.5 Å². The van der Waals surface area contributed by atoms with E-state index in [-0.39, 0.29) is 11.8 Å². The Labute approximate surface area is 201 Å². The summed E-state index contributed by atoms with van der Waals surface area (Å²) < 4.78 is 21.0. The van der Waals surface area contributed by atoms with Gasteiger partial charge in [-0.05, 0) is 48.2 Å². The van der Waals surface area contributed by atoms with E-state index in [1.54, 1.807) is 40.6 Å². The lowest BCUT2D eigenvalue weighted by molar-refractivity contribution is -0.121. The van der Waals surface area contributed by atoms with Gasteiger partial charge in [-0.25, -0.2) is 0 Å². The SMILES string of the molecule is COc1ccc(CC(=O)NCCCCCCNC(=O)Cc2ccc(OC)c(OC)c2)cc1OC. The van der Waals surface area contributed by atoms with Crippen LogP contribution in [0.1, 0.15) is 36.8 Å². The molecule has 186 valence electrons. The number of hydrogen-bond acceptors (Lipinski definition) is 6. The summed E-state index contributed by atoms with van der Waals surface area (Å²) in [6, 6.07) is 11.0. The molecule has 0 heterocycles. The van der Waals surface area contributed by atoms with Gasteiger partial charge in [-0.2, -0.15) is 0 Å². The zero-order valence-corrected chi connectivity index (χ0v) is 20.6. The molecule has 0 bridgehead atoms. The van der Waals surface area contributed by atoms with Gasteiger partial charge in [0, 0.05) is 13.1 Å². The van der Waals surface area contributed by atoms with Gasteiger partial charge in [0.1, 0.15) is 0 Å². The maximum absolute atomic E-state index is 12.2. The quantitative estimate of drug-likeness (QED) is 0.386. The van der Waals surface area contributed by atoms with Gasteiger partial charge in [0.2, 0.25) is 11.8 Å². The van der Waals surface area contributed by atoms with Crippen molar-refractivity contribution in [2.24, 2.45) is 0 Å². The van der Waals surface area contributed by atoms with Crippen molar-refractivity contribution in [2.45, 2.75) is 38.5 Å². The molecule has 0 aromatic heterocycles. The van der Waals surface area contributed by atoms with Crippen molar-refractivity contribution in [3.63, 3.8) is 0 Å². The highest BCUT2D eigenvalue weighted by atomic mass is 16.5. The Kier molecular flexibility index (Phi) is 11.6. The standard InChI is InChI=1S/C26H36N2O6/c1-31-21-11-9-19(15-23(21)33-3)17-25(29)27-13-7-5-6-8-14-28-26(30)18-20-10-12-22(32-2)24(16-20)34-4/h9-12,15-16H,5-8,13-14,17-18H2,1-4H3,(H,27,29)(H,28,30). The van der Waals surface area contributed by atoms with Gasteiger partial charge < -0.3 is 29.6 Å². The molecule has 34 heavy (non-hydrogen) atoms. The van der Waals surface area contributed by atoms with Crippen LogP contribution in [0.2, 0.25) is 0 Å². The van der Waals surface area contributed by atoms with Crippen molar-refractivity contribution >= 4 is 11.8 Å². The smallest absolute Gasteiger partial charge is 0.224 e. The Bertz CT molecular complexity index is 856. The van der Waals surface area contributed by atoms with Crippen LogP contribution in [-0.4, -0.2) is 53.3 Å². The average molecular weight is 473 g/mol. The van der Waals surface area contributed by atoms with E-state index in [0.29, 0.717) is 48.9 Å². The topological polar surface area (TPSA) is 95.1 Å². The van der Waals surface area contributed by atoms with Crippen molar-refractivity contribution in [3.05, 3.63) is 47.5 Å². The number of methoxy groups -OCH3 is 4. The normalized spacial score (nSPS) is 10.4. The highest BCUT2D eigenvalue weighted by Gasteiger charge is 2.09. The van der Waals surface area contributed by atoms with Gasteiger partial charge >= 0.3 is 0 Å². The van der Waals surface area contributed by atoms with E-state index in [4.69, 9.17) is 18.9 Å². The molecular formula is C26H36N2O6. The summed E-state index contributed by atoms with van der Waals surface area (Å²) in [4.78, 5) is 24.3. The third-order valence-electron chi connectivity index (χ3n) is 5.37. The zero-order valence-electron chi connectivity index (χ0n) is 20.6. The Morgan fingerprint density at radius 3 is 1.32 bits per heavy atom. The van der Waals surface area contributed by atoms with Gasteiger partial charge in [0.25, 0.3) is 0 Å². The minimum absolute atomic E-state index is 0.0188. The van der Waals surface area contributed by atoms with Crippen LogP contribution in [0.4, 0.5) is 0 Å². The molecular weight excluding hydrogens is 436 g/mol. The van der Waals surface area contributed by atoms with E-state index in [9.17, 15) is 9.59 Å². The molecule has 0 saturated carbocycles. The molecule has 2 aromatic carbocycles. The number of hydrogen-bond donors (Lipinski definition) is 2. The van der Waals surface area contributed by atoms with E-state index in [2.05, 4.69) is 10.6 Å². The summed E-state index contributed by atoms with van der Waals surface area (Å²) in [6.07, 6.45) is 4.37. The molecule has 0 aliphatic heterocycles. The minimum atomic E-state index is -0.0188. The van der Waals surface area contributed by atoms with E-state index in [1.807, 2.05) is 24.3 Å². The molecule has 0 aliphatic carbocycles. The van der Waals surface area contributed by atoms with Gasteiger partial charge in [-0.3, -0.25) is 9.59 Å². The second-order valence-electron chi connectivity index (χ2n) is 7.85. The Morgan fingerprint density at radius 1 is 0.588 bits per heavy atom. The molecule has 0 fully saturated rings.